The zero-order valence-electron chi connectivity index (χ0n) is 16.0. The van der Waals surface area contributed by atoms with E-state index in [4.69, 9.17) is 0 Å². The summed E-state index contributed by atoms with van der Waals surface area (Å²) in [6.45, 7) is 9.24. The molecule has 0 saturated heterocycles. The minimum atomic E-state index is -1.96. The summed E-state index contributed by atoms with van der Waals surface area (Å²) < 4.78 is 6.30. The van der Waals surface area contributed by atoms with Gasteiger partial charge in [-0.15, -0.1) is 0 Å². The number of unbranched alkanes of at least 4 members (excludes halogenated alkanes) is 3. The number of hydrogen-bond acceptors (Lipinski definition) is 0. The van der Waals surface area contributed by atoms with Gasteiger partial charge in [0, 0.05) is 0 Å². The fraction of sp³-hybridized carbons (Fsp3) is 0.636. The molecule has 1 aromatic carbocycles. The molecule has 1 aromatic rings. The van der Waals surface area contributed by atoms with E-state index in [1.165, 1.54) is 54.1 Å². The van der Waals surface area contributed by atoms with Gasteiger partial charge in [0.2, 0.25) is 0 Å². The Bertz CT molecular complexity index is 408. The molecule has 0 aromatic heterocycles. The van der Waals surface area contributed by atoms with E-state index < -0.39 is 18.4 Å². The Morgan fingerprint density at radius 1 is 0.783 bits per heavy atom. The summed E-state index contributed by atoms with van der Waals surface area (Å²) in [5.74, 6) is 0. The van der Waals surface area contributed by atoms with Crippen LogP contribution < -0.4 is 0 Å². The first-order chi connectivity index (χ1) is 11.2. The maximum atomic E-state index is 2.54. The van der Waals surface area contributed by atoms with E-state index in [0.717, 1.165) is 0 Å². The minimum absolute atomic E-state index is 1.35. The predicted molar refractivity (Wildman–Crippen MR) is 110 cm³/mol. The topological polar surface area (TPSA) is 0 Å². The summed E-state index contributed by atoms with van der Waals surface area (Å²) in [5, 5.41) is 0. The van der Waals surface area contributed by atoms with Crippen LogP contribution in [-0.2, 0) is 0 Å². The van der Waals surface area contributed by atoms with Crippen molar-refractivity contribution < 1.29 is 0 Å². The first-order valence-corrected chi connectivity index (χ1v) is 18.0. The van der Waals surface area contributed by atoms with E-state index in [0.29, 0.717) is 0 Å². The summed E-state index contributed by atoms with van der Waals surface area (Å²) >= 11 is -1.96. The number of allylic oxidation sites excluding steroid dienone is 1. The Labute approximate surface area is 149 Å². The van der Waals surface area contributed by atoms with Gasteiger partial charge in [-0.3, -0.25) is 0 Å². The van der Waals surface area contributed by atoms with Gasteiger partial charge in [-0.2, -0.15) is 0 Å². The van der Waals surface area contributed by atoms with Gasteiger partial charge in [0.1, 0.15) is 0 Å². The zero-order valence-corrected chi connectivity index (χ0v) is 18.9. The molecule has 0 amide bonds. The SMILES string of the molecule is CCC[CH2][Sn]([CH2]/C=C\c1ccc(C)cc1)([CH2]CCC)[CH2]CCC. The number of aryl methyl sites for hydroxylation is 1. The molecule has 0 fully saturated rings. The van der Waals surface area contributed by atoms with E-state index in [-0.39, 0.29) is 0 Å². The van der Waals surface area contributed by atoms with Crippen LogP contribution in [0.4, 0.5) is 0 Å². The molecule has 0 bridgehead atoms. The van der Waals surface area contributed by atoms with Gasteiger partial charge in [0.25, 0.3) is 0 Å². The van der Waals surface area contributed by atoms with Gasteiger partial charge in [0.15, 0.2) is 0 Å². The van der Waals surface area contributed by atoms with Gasteiger partial charge >= 0.3 is 150 Å². The second-order valence-electron chi connectivity index (χ2n) is 7.33. The van der Waals surface area contributed by atoms with Crippen molar-refractivity contribution in [1.29, 1.82) is 0 Å². The van der Waals surface area contributed by atoms with Crippen LogP contribution in [0.2, 0.25) is 17.7 Å². The van der Waals surface area contributed by atoms with Crippen LogP contribution in [0.1, 0.15) is 70.4 Å². The van der Waals surface area contributed by atoms with Crippen molar-refractivity contribution in [2.75, 3.05) is 0 Å². The number of hydrogen-bond donors (Lipinski definition) is 0. The van der Waals surface area contributed by atoms with E-state index in [2.05, 4.69) is 64.1 Å². The zero-order chi connectivity index (χ0) is 17.0. The molecule has 0 atom stereocenters. The fourth-order valence-electron chi connectivity index (χ4n) is 3.46. The summed E-state index contributed by atoms with van der Waals surface area (Å²) in [7, 11) is 0. The Morgan fingerprint density at radius 3 is 1.70 bits per heavy atom. The Hall–Kier alpha value is -0.241. The number of benzene rings is 1. The van der Waals surface area contributed by atoms with Crippen molar-refractivity contribution in [1.82, 2.24) is 0 Å². The molecular formula is C22H38Sn. The quantitative estimate of drug-likeness (QED) is 0.302. The van der Waals surface area contributed by atoms with Crippen LogP contribution in [-0.4, -0.2) is 18.4 Å². The van der Waals surface area contributed by atoms with Crippen molar-refractivity contribution in [3.05, 3.63) is 41.5 Å². The normalized spacial score (nSPS) is 12.2. The van der Waals surface area contributed by atoms with E-state index >= 15 is 0 Å². The van der Waals surface area contributed by atoms with Crippen molar-refractivity contribution in [3.8, 4) is 0 Å². The second kappa shape index (κ2) is 12.2. The van der Waals surface area contributed by atoms with Crippen LogP contribution in [0.25, 0.3) is 6.08 Å². The van der Waals surface area contributed by atoms with Crippen LogP contribution >= 0.6 is 0 Å². The molecule has 0 radical (unpaired) electrons. The first-order valence-electron chi connectivity index (χ1n) is 9.89. The maximum absolute atomic E-state index is 2.54. The van der Waals surface area contributed by atoms with Crippen LogP contribution in [0.3, 0.4) is 0 Å². The molecule has 1 rings (SSSR count). The monoisotopic (exact) mass is 422 g/mol. The Balaban J connectivity index is 2.76. The molecule has 0 unspecified atom stereocenters. The van der Waals surface area contributed by atoms with Crippen LogP contribution in [0.15, 0.2) is 30.3 Å². The molecule has 0 spiro atoms. The molecule has 1 heteroatoms. The second-order valence-corrected chi connectivity index (χ2v) is 21.3. The average molecular weight is 421 g/mol. The third-order valence-electron chi connectivity index (χ3n) is 5.12. The van der Waals surface area contributed by atoms with E-state index in [1.54, 1.807) is 13.3 Å². The molecule has 0 nitrogen and oxygen atoms in total. The van der Waals surface area contributed by atoms with Crippen molar-refractivity contribution >= 4 is 24.5 Å². The summed E-state index contributed by atoms with van der Waals surface area (Å²) in [4.78, 5) is 0. The van der Waals surface area contributed by atoms with Crippen LogP contribution in [0, 0.1) is 6.92 Å². The predicted octanol–water partition coefficient (Wildman–Crippen LogP) is 7.86. The average Bonchev–Trinajstić information content (AvgIpc) is 2.57. The fourth-order valence-corrected chi connectivity index (χ4v) is 18.6. The molecule has 0 saturated carbocycles. The number of rotatable bonds is 12. The van der Waals surface area contributed by atoms with E-state index in [9.17, 15) is 0 Å². The van der Waals surface area contributed by atoms with E-state index in [1.807, 2.05) is 0 Å². The molecule has 0 aliphatic rings. The van der Waals surface area contributed by atoms with Gasteiger partial charge in [0.05, 0.1) is 0 Å². The van der Waals surface area contributed by atoms with Gasteiger partial charge in [-0.1, -0.05) is 0 Å². The van der Waals surface area contributed by atoms with Crippen LogP contribution in [0.5, 0.6) is 0 Å². The summed E-state index contributed by atoms with van der Waals surface area (Å²) in [6, 6.07) is 8.96. The standard InChI is InChI=1S/C10H11.3C4H9.Sn/c1-3-4-10-7-5-9(2)6-8-10;3*1-3-4-2;/h3-8H,1H2,2H3;3*1,3-4H2,2H3;/b4-3-;;;;. The summed E-state index contributed by atoms with van der Waals surface area (Å²) in [6.07, 6.45) is 13.5. The van der Waals surface area contributed by atoms with Crippen molar-refractivity contribution in [3.63, 3.8) is 0 Å². The van der Waals surface area contributed by atoms with Crippen molar-refractivity contribution in [2.24, 2.45) is 0 Å². The third-order valence-corrected chi connectivity index (χ3v) is 20.4. The van der Waals surface area contributed by atoms with Gasteiger partial charge in [-0.05, 0) is 0 Å². The Kier molecular flexibility index (Phi) is 11.0. The molecule has 130 valence electrons. The molecule has 0 N–H and O–H groups in total. The Morgan fingerprint density at radius 2 is 1.26 bits per heavy atom. The molecule has 0 heterocycles. The summed E-state index contributed by atoms with van der Waals surface area (Å²) in [5.41, 5.74) is 2.72. The van der Waals surface area contributed by atoms with Crippen molar-refractivity contribution in [2.45, 2.75) is 84.0 Å². The first kappa shape index (κ1) is 20.8. The molecule has 0 aliphatic heterocycles. The molecule has 23 heavy (non-hydrogen) atoms. The van der Waals surface area contributed by atoms with Gasteiger partial charge < -0.3 is 0 Å². The van der Waals surface area contributed by atoms with Gasteiger partial charge in [-0.25, -0.2) is 0 Å². The molecule has 0 aliphatic carbocycles. The molecular weight excluding hydrogens is 383 g/mol. The third kappa shape index (κ3) is 8.42.